The van der Waals surface area contributed by atoms with Gasteiger partial charge in [-0.2, -0.15) is 5.26 Å². The van der Waals surface area contributed by atoms with Crippen LogP contribution >= 0.6 is 34.4 Å². The molecule has 33 heavy (non-hydrogen) atoms. The molecule has 0 spiro atoms. The lowest BCUT2D eigenvalue weighted by atomic mass is 9.96. The normalized spacial score (nSPS) is 15.8. The standard InChI is InChI=1S/C24H27N5OS3/c1-29-22(18-13-31-19-10-7-6-9-16(18)19)27-28-24(29)32-14-21(30)26-23-17(12-25)15-8-4-2-3-5-11-20(15)33-23/h13H,2-11,14H2,1H3,(H,26,30). The average Bonchev–Trinajstić information content (AvgIpc) is 3.47. The lowest BCUT2D eigenvalue weighted by Gasteiger charge is -2.12. The predicted octanol–water partition coefficient (Wildman–Crippen LogP) is 5.75. The van der Waals surface area contributed by atoms with Crippen molar-refractivity contribution in [2.24, 2.45) is 7.05 Å². The molecule has 0 bridgehead atoms. The van der Waals surface area contributed by atoms with Crippen molar-refractivity contribution >= 4 is 45.3 Å². The summed E-state index contributed by atoms with van der Waals surface area (Å²) in [5.41, 5.74) is 4.43. The van der Waals surface area contributed by atoms with E-state index in [-0.39, 0.29) is 11.7 Å². The molecule has 6 nitrogen and oxygen atoms in total. The minimum Gasteiger partial charge on any atom is -0.316 e. The SMILES string of the molecule is Cn1c(SCC(=O)Nc2sc3c(c2C#N)CCCCCC3)nnc1-c1csc2c1CCCC2. The maximum Gasteiger partial charge on any atom is 0.235 e. The van der Waals surface area contributed by atoms with Crippen molar-refractivity contribution in [2.45, 2.75) is 69.4 Å². The van der Waals surface area contributed by atoms with Gasteiger partial charge in [-0.25, -0.2) is 0 Å². The maximum atomic E-state index is 12.8. The van der Waals surface area contributed by atoms with E-state index in [1.807, 2.05) is 23.0 Å². The molecule has 0 aromatic carbocycles. The largest absolute Gasteiger partial charge is 0.316 e. The Morgan fingerprint density at radius 1 is 1.09 bits per heavy atom. The van der Waals surface area contributed by atoms with E-state index in [1.165, 1.54) is 58.3 Å². The van der Waals surface area contributed by atoms with Gasteiger partial charge in [0.05, 0.1) is 11.3 Å². The minimum absolute atomic E-state index is 0.108. The number of rotatable bonds is 5. The summed E-state index contributed by atoms with van der Waals surface area (Å²) >= 11 is 4.79. The zero-order valence-corrected chi connectivity index (χ0v) is 21.2. The number of nitriles is 1. The summed E-state index contributed by atoms with van der Waals surface area (Å²) in [6, 6.07) is 2.35. The minimum atomic E-state index is -0.108. The second-order valence-corrected chi connectivity index (χ2v) is 11.7. The van der Waals surface area contributed by atoms with Gasteiger partial charge in [-0.15, -0.1) is 32.9 Å². The Bertz CT molecular complexity index is 1220. The number of aryl methyl sites for hydroxylation is 2. The number of aromatic nitrogens is 3. The summed E-state index contributed by atoms with van der Waals surface area (Å²) in [5, 5.41) is 25.2. The second-order valence-electron chi connectivity index (χ2n) is 8.69. The van der Waals surface area contributed by atoms with E-state index >= 15 is 0 Å². The first kappa shape index (κ1) is 22.6. The average molecular weight is 498 g/mol. The number of hydrogen-bond acceptors (Lipinski definition) is 7. The molecule has 0 aliphatic heterocycles. The van der Waals surface area contributed by atoms with Crippen molar-refractivity contribution in [3.63, 3.8) is 0 Å². The molecule has 5 rings (SSSR count). The fourth-order valence-electron chi connectivity index (χ4n) is 4.78. The van der Waals surface area contributed by atoms with Crippen LogP contribution in [0.1, 0.15) is 65.0 Å². The van der Waals surface area contributed by atoms with E-state index in [9.17, 15) is 10.1 Å². The van der Waals surface area contributed by atoms with Crippen LogP contribution < -0.4 is 5.32 Å². The second kappa shape index (κ2) is 10.00. The lowest BCUT2D eigenvalue weighted by molar-refractivity contribution is -0.113. The molecule has 3 aromatic rings. The highest BCUT2D eigenvalue weighted by atomic mass is 32.2. The monoisotopic (exact) mass is 497 g/mol. The summed E-state index contributed by atoms with van der Waals surface area (Å²) in [6.45, 7) is 0. The maximum absolute atomic E-state index is 12.8. The molecule has 0 fully saturated rings. The highest BCUT2D eigenvalue weighted by molar-refractivity contribution is 7.99. The number of amides is 1. The number of thiophene rings is 2. The molecule has 172 valence electrons. The number of hydrogen-bond donors (Lipinski definition) is 1. The van der Waals surface area contributed by atoms with Crippen LogP contribution in [0.2, 0.25) is 0 Å². The highest BCUT2D eigenvalue weighted by Crippen LogP contribution is 2.38. The summed E-state index contributed by atoms with van der Waals surface area (Å²) in [7, 11) is 1.97. The third kappa shape index (κ3) is 4.61. The Balaban J connectivity index is 1.27. The topological polar surface area (TPSA) is 83.6 Å². The first-order valence-corrected chi connectivity index (χ1v) is 14.3. The number of nitrogens with one attached hydrogen (secondary N) is 1. The summed E-state index contributed by atoms with van der Waals surface area (Å²) < 4.78 is 1.99. The number of fused-ring (bicyclic) bond motifs is 2. The molecule has 9 heteroatoms. The Hall–Kier alpha value is -2.15. The molecular weight excluding hydrogens is 470 g/mol. The van der Waals surface area contributed by atoms with Gasteiger partial charge in [-0.05, 0) is 62.5 Å². The predicted molar refractivity (Wildman–Crippen MR) is 135 cm³/mol. The van der Waals surface area contributed by atoms with Gasteiger partial charge in [0.15, 0.2) is 11.0 Å². The van der Waals surface area contributed by atoms with Crippen molar-refractivity contribution in [3.05, 3.63) is 31.8 Å². The molecule has 3 aromatic heterocycles. The molecule has 0 saturated heterocycles. The van der Waals surface area contributed by atoms with Crippen LogP contribution in [0.4, 0.5) is 5.00 Å². The summed E-state index contributed by atoms with van der Waals surface area (Å²) in [4.78, 5) is 15.5. The van der Waals surface area contributed by atoms with Crippen molar-refractivity contribution in [3.8, 4) is 17.5 Å². The van der Waals surface area contributed by atoms with Crippen molar-refractivity contribution in [1.82, 2.24) is 14.8 Å². The van der Waals surface area contributed by atoms with Crippen LogP contribution in [0.15, 0.2) is 10.5 Å². The molecular formula is C24H27N5OS3. The van der Waals surface area contributed by atoms with E-state index in [0.717, 1.165) is 55.1 Å². The van der Waals surface area contributed by atoms with Gasteiger partial charge in [0, 0.05) is 27.7 Å². The Labute approximate surface area is 206 Å². The van der Waals surface area contributed by atoms with Crippen molar-refractivity contribution in [2.75, 3.05) is 11.1 Å². The van der Waals surface area contributed by atoms with Gasteiger partial charge >= 0.3 is 0 Å². The number of nitrogens with zero attached hydrogens (tertiary/aromatic N) is 4. The van der Waals surface area contributed by atoms with Crippen molar-refractivity contribution < 1.29 is 4.79 Å². The van der Waals surface area contributed by atoms with E-state index in [2.05, 4.69) is 27.0 Å². The molecule has 0 radical (unpaired) electrons. The van der Waals surface area contributed by atoms with E-state index in [1.54, 1.807) is 11.3 Å². The van der Waals surface area contributed by atoms with Crippen LogP contribution in [-0.4, -0.2) is 26.4 Å². The smallest absolute Gasteiger partial charge is 0.235 e. The molecule has 1 N–H and O–H groups in total. The van der Waals surface area contributed by atoms with Crippen LogP contribution in [0, 0.1) is 11.3 Å². The number of carbonyl (C=O) groups is 1. The van der Waals surface area contributed by atoms with E-state index < -0.39 is 0 Å². The molecule has 0 unspecified atom stereocenters. The molecule has 0 saturated carbocycles. The third-order valence-corrected chi connectivity index (χ3v) is 9.82. The first-order valence-electron chi connectivity index (χ1n) is 11.6. The molecule has 2 aliphatic carbocycles. The van der Waals surface area contributed by atoms with Crippen molar-refractivity contribution in [1.29, 1.82) is 5.26 Å². The van der Waals surface area contributed by atoms with E-state index in [0.29, 0.717) is 10.6 Å². The number of anilines is 1. The summed E-state index contributed by atoms with van der Waals surface area (Å²) in [6.07, 6.45) is 11.4. The fourth-order valence-corrected chi connectivity index (χ4v) is 7.87. The molecule has 1 amide bonds. The molecule has 2 aliphatic rings. The Morgan fingerprint density at radius 3 is 2.67 bits per heavy atom. The van der Waals surface area contributed by atoms with Gasteiger partial charge in [0.1, 0.15) is 11.1 Å². The molecule has 0 atom stereocenters. The first-order chi connectivity index (χ1) is 16.2. The van der Waals surface area contributed by atoms with Gasteiger partial charge in [-0.3, -0.25) is 4.79 Å². The highest BCUT2D eigenvalue weighted by Gasteiger charge is 2.23. The Kier molecular flexibility index (Phi) is 6.86. The lowest BCUT2D eigenvalue weighted by Crippen LogP contribution is -2.14. The fraction of sp³-hybridized carbons (Fsp3) is 0.500. The van der Waals surface area contributed by atoms with Gasteiger partial charge in [0.2, 0.25) is 5.91 Å². The summed E-state index contributed by atoms with van der Waals surface area (Å²) in [5.74, 6) is 1.01. The third-order valence-electron chi connectivity index (χ3n) is 6.51. The van der Waals surface area contributed by atoms with E-state index in [4.69, 9.17) is 0 Å². The number of thioether (sulfide) groups is 1. The van der Waals surface area contributed by atoms with Crippen LogP contribution in [0.5, 0.6) is 0 Å². The quantitative estimate of drug-likeness (QED) is 0.454. The van der Waals surface area contributed by atoms with Gasteiger partial charge in [-0.1, -0.05) is 24.6 Å². The van der Waals surface area contributed by atoms with Crippen LogP contribution in [0.3, 0.4) is 0 Å². The Morgan fingerprint density at radius 2 is 1.82 bits per heavy atom. The van der Waals surface area contributed by atoms with Crippen LogP contribution in [0.25, 0.3) is 11.4 Å². The van der Waals surface area contributed by atoms with Gasteiger partial charge < -0.3 is 9.88 Å². The zero-order valence-electron chi connectivity index (χ0n) is 18.8. The van der Waals surface area contributed by atoms with Crippen LogP contribution in [-0.2, 0) is 37.5 Å². The number of carbonyl (C=O) groups excluding carboxylic acids is 1. The van der Waals surface area contributed by atoms with Gasteiger partial charge in [0.25, 0.3) is 0 Å². The zero-order chi connectivity index (χ0) is 22.8. The molecule has 3 heterocycles.